The number of fused-ring (bicyclic) bond motifs is 1. The molecule has 0 spiro atoms. The van der Waals surface area contributed by atoms with E-state index in [4.69, 9.17) is 27.7 Å². The van der Waals surface area contributed by atoms with Crippen molar-refractivity contribution in [3.8, 4) is 0 Å². The molecule has 0 aliphatic heterocycles. The van der Waals surface area contributed by atoms with Crippen molar-refractivity contribution >= 4 is 23.0 Å². The maximum Gasteiger partial charge on any atom is 0.136 e. The lowest BCUT2D eigenvalue weighted by Crippen LogP contribution is -2.16. The quantitative estimate of drug-likeness (QED) is 0.569. The molecule has 5 heteroatoms. The molecular weight excluding hydrogens is 270 g/mol. The Labute approximate surface area is 126 Å². The highest BCUT2D eigenvalue weighted by molar-refractivity contribution is 7.80. The number of nitrogens with one attached hydrogen (secondary N) is 1. The van der Waals surface area contributed by atoms with Crippen LogP contribution < -0.4 is 11.1 Å². The average molecular weight is 293 g/mol. The summed E-state index contributed by atoms with van der Waals surface area (Å²) >= 11 is 5.14. The first-order chi connectivity index (χ1) is 9.72. The van der Waals surface area contributed by atoms with Crippen molar-refractivity contribution in [3.63, 3.8) is 0 Å². The molecule has 1 aliphatic carbocycles. The van der Waals surface area contributed by atoms with Crippen molar-refractivity contribution < 1.29 is 4.74 Å². The Hall–Kier alpha value is -1.20. The maximum absolute atomic E-state index is 5.81. The number of rotatable bonds is 8. The first kappa shape index (κ1) is 15.2. The highest BCUT2D eigenvalue weighted by atomic mass is 32.1. The smallest absolute Gasteiger partial charge is 0.136 e. The Morgan fingerprint density at radius 3 is 3.00 bits per heavy atom. The lowest BCUT2D eigenvalue weighted by molar-refractivity contribution is 0.192. The second-order valence-electron chi connectivity index (χ2n) is 5.19. The number of unbranched alkanes of at least 4 members (excludes halogenated alkanes) is 2. The van der Waals surface area contributed by atoms with E-state index < -0.39 is 0 Å². The molecule has 110 valence electrons. The van der Waals surface area contributed by atoms with Crippen LogP contribution in [0.4, 0.5) is 5.82 Å². The van der Waals surface area contributed by atoms with Crippen LogP contribution >= 0.6 is 12.2 Å². The van der Waals surface area contributed by atoms with E-state index in [9.17, 15) is 0 Å². The number of hydrogen-bond acceptors (Lipinski definition) is 4. The average Bonchev–Trinajstić information content (AvgIpc) is 2.88. The van der Waals surface area contributed by atoms with E-state index in [-0.39, 0.29) is 0 Å². The molecule has 1 aliphatic rings. The van der Waals surface area contributed by atoms with E-state index in [1.165, 1.54) is 17.7 Å². The number of pyridine rings is 1. The van der Waals surface area contributed by atoms with Crippen molar-refractivity contribution in [2.24, 2.45) is 5.73 Å². The molecule has 0 saturated heterocycles. The minimum Gasteiger partial charge on any atom is -0.389 e. The molecule has 3 N–H and O–H groups in total. The van der Waals surface area contributed by atoms with Crippen molar-refractivity contribution in [1.82, 2.24) is 4.98 Å². The standard InChI is InChI=1S/C15H23N3OS/c1-19-9-4-2-3-8-17-15-12(14(16)20)10-11-6-5-7-13(11)18-15/h10H,2-9H2,1H3,(H2,16,20)(H,17,18). The minimum absolute atomic E-state index is 0.425. The molecule has 0 bridgehead atoms. The molecule has 0 saturated carbocycles. The molecule has 1 aromatic rings. The van der Waals surface area contributed by atoms with E-state index in [2.05, 4.69) is 11.4 Å². The van der Waals surface area contributed by atoms with Gasteiger partial charge in [0.1, 0.15) is 10.8 Å². The summed E-state index contributed by atoms with van der Waals surface area (Å²) in [4.78, 5) is 5.13. The Balaban J connectivity index is 1.94. The zero-order chi connectivity index (χ0) is 14.4. The van der Waals surface area contributed by atoms with Gasteiger partial charge >= 0.3 is 0 Å². The number of anilines is 1. The Morgan fingerprint density at radius 1 is 1.40 bits per heavy atom. The van der Waals surface area contributed by atoms with Crippen LogP contribution in [0.3, 0.4) is 0 Å². The van der Waals surface area contributed by atoms with Crippen LogP contribution in [-0.4, -0.2) is 30.2 Å². The predicted molar refractivity (Wildman–Crippen MR) is 86.4 cm³/mol. The zero-order valence-corrected chi connectivity index (χ0v) is 12.9. The van der Waals surface area contributed by atoms with Gasteiger partial charge in [-0.1, -0.05) is 12.2 Å². The van der Waals surface area contributed by atoms with Crippen LogP contribution in [0, 0.1) is 0 Å². The van der Waals surface area contributed by atoms with Gasteiger partial charge in [0.05, 0.1) is 5.56 Å². The van der Waals surface area contributed by atoms with E-state index >= 15 is 0 Å². The van der Waals surface area contributed by atoms with Crippen molar-refractivity contribution in [1.29, 1.82) is 0 Å². The third kappa shape index (κ3) is 3.90. The van der Waals surface area contributed by atoms with Crippen molar-refractivity contribution in [2.75, 3.05) is 25.6 Å². The molecule has 2 rings (SSSR count). The molecule has 0 unspecified atom stereocenters. The van der Waals surface area contributed by atoms with Gasteiger partial charge in [0.15, 0.2) is 0 Å². The minimum atomic E-state index is 0.425. The number of nitrogens with two attached hydrogens (primary N) is 1. The second kappa shape index (κ2) is 7.55. The van der Waals surface area contributed by atoms with Crippen LogP contribution in [0.5, 0.6) is 0 Å². The van der Waals surface area contributed by atoms with Gasteiger partial charge in [-0.2, -0.15) is 0 Å². The monoisotopic (exact) mass is 293 g/mol. The molecule has 0 fully saturated rings. The molecule has 0 aromatic carbocycles. The predicted octanol–water partition coefficient (Wildman–Crippen LogP) is 2.43. The van der Waals surface area contributed by atoms with Gasteiger partial charge < -0.3 is 15.8 Å². The van der Waals surface area contributed by atoms with Crippen molar-refractivity contribution in [3.05, 3.63) is 22.9 Å². The largest absolute Gasteiger partial charge is 0.389 e. The van der Waals surface area contributed by atoms with Crippen molar-refractivity contribution in [2.45, 2.75) is 38.5 Å². The zero-order valence-electron chi connectivity index (χ0n) is 12.1. The van der Waals surface area contributed by atoms with Crippen LogP contribution in [0.2, 0.25) is 0 Å². The number of nitrogens with zero attached hydrogens (tertiary/aromatic N) is 1. The summed E-state index contributed by atoms with van der Waals surface area (Å²) in [7, 11) is 1.74. The lowest BCUT2D eigenvalue weighted by Gasteiger charge is -2.12. The second-order valence-corrected chi connectivity index (χ2v) is 5.63. The fraction of sp³-hybridized carbons (Fsp3) is 0.600. The van der Waals surface area contributed by atoms with Crippen LogP contribution in [0.25, 0.3) is 0 Å². The summed E-state index contributed by atoms with van der Waals surface area (Å²) in [5.41, 5.74) is 9.21. The first-order valence-electron chi connectivity index (χ1n) is 7.27. The Bertz CT molecular complexity index is 476. The molecule has 0 radical (unpaired) electrons. The number of thiocarbonyl (C=S) groups is 1. The van der Waals surface area contributed by atoms with E-state index in [1.54, 1.807) is 7.11 Å². The van der Waals surface area contributed by atoms with E-state index in [0.29, 0.717) is 4.99 Å². The molecular formula is C15H23N3OS. The van der Waals surface area contributed by atoms with E-state index in [1.807, 2.05) is 0 Å². The Morgan fingerprint density at radius 2 is 2.25 bits per heavy atom. The topological polar surface area (TPSA) is 60.2 Å². The van der Waals surface area contributed by atoms with Gasteiger partial charge in [-0.25, -0.2) is 4.98 Å². The number of aryl methyl sites for hydroxylation is 2. The third-order valence-corrected chi connectivity index (χ3v) is 3.85. The van der Waals surface area contributed by atoms with Gasteiger partial charge in [-0.05, 0) is 50.2 Å². The molecule has 4 nitrogen and oxygen atoms in total. The number of methoxy groups -OCH3 is 1. The molecule has 1 heterocycles. The van der Waals surface area contributed by atoms with Crippen LogP contribution in [-0.2, 0) is 17.6 Å². The highest BCUT2D eigenvalue weighted by Crippen LogP contribution is 2.25. The SMILES string of the molecule is COCCCCCNc1nc2c(cc1C(N)=S)CCC2. The number of aromatic nitrogens is 1. The Kier molecular flexibility index (Phi) is 5.73. The van der Waals surface area contributed by atoms with Crippen LogP contribution in [0.1, 0.15) is 42.5 Å². The summed E-state index contributed by atoms with van der Waals surface area (Å²) in [5.74, 6) is 0.852. The fourth-order valence-electron chi connectivity index (χ4n) is 2.55. The number of ether oxygens (including phenoxy) is 1. The number of hydrogen-bond donors (Lipinski definition) is 2. The summed E-state index contributed by atoms with van der Waals surface area (Å²) in [6, 6.07) is 2.12. The molecule has 0 amide bonds. The maximum atomic E-state index is 5.81. The first-order valence-corrected chi connectivity index (χ1v) is 7.68. The lowest BCUT2D eigenvalue weighted by atomic mass is 10.1. The van der Waals surface area contributed by atoms with Gasteiger partial charge in [-0.3, -0.25) is 0 Å². The van der Waals surface area contributed by atoms with Gasteiger partial charge in [-0.15, -0.1) is 0 Å². The molecule has 20 heavy (non-hydrogen) atoms. The molecule has 0 atom stereocenters. The summed E-state index contributed by atoms with van der Waals surface area (Å²) in [6.45, 7) is 1.72. The van der Waals surface area contributed by atoms with Crippen LogP contribution in [0.15, 0.2) is 6.07 Å². The summed E-state index contributed by atoms with van der Waals surface area (Å²) in [5, 5.41) is 3.38. The highest BCUT2D eigenvalue weighted by Gasteiger charge is 2.17. The third-order valence-electron chi connectivity index (χ3n) is 3.63. The van der Waals surface area contributed by atoms with Gasteiger partial charge in [0, 0.05) is 26.0 Å². The normalized spacial score (nSPS) is 13.2. The summed E-state index contributed by atoms with van der Waals surface area (Å²) in [6.07, 6.45) is 6.68. The summed E-state index contributed by atoms with van der Waals surface area (Å²) < 4.78 is 5.04. The fourth-order valence-corrected chi connectivity index (χ4v) is 2.71. The van der Waals surface area contributed by atoms with E-state index in [0.717, 1.165) is 56.6 Å². The van der Waals surface area contributed by atoms with Gasteiger partial charge in [0.25, 0.3) is 0 Å². The molecule has 1 aromatic heterocycles. The van der Waals surface area contributed by atoms with Gasteiger partial charge in [0.2, 0.25) is 0 Å².